The van der Waals surface area contributed by atoms with E-state index in [-0.39, 0.29) is 17.4 Å². The van der Waals surface area contributed by atoms with Gasteiger partial charge in [-0.05, 0) is 42.5 Å². The monoisotopic (exact) mass is 320 g/mol. The Kier molecular flexibility index (Phi) is 4.68. The van der Waals surface area contributed by atoms with E-state index in [2.05, 4.69) is 13.8 Å². The molecule has 0 N–H and O–H groups in total. The van der Waals surface area contributed by atoms with E-state index in [4.69, 9.17) is 4.18 Å². The van der Waals surface area contributed by atoms with Crippen LogP contribution in [0.2, 0.25) is 0 Å². The van der Waals surface area contributed by atoms with Crippen LogP contribution in [0, 0.1) is 6.92 Å². The zero-order chi connectivity index (χ0) is 16.5. The van der Waals surface area contributed by atoms with E-state index >= 15 is 0 Å². The minimum atomic E-state index is -3.87. The van der Waals surface area contributed by atoms with E-state index in [0.717, 1.165) is 16.7 Å². The fraction of sp³-hybridized carbons (Fsp3) is 0.353. The van der Waals surface area contributed by atoms with Gasteiger partial charge in [-0.1, -0.05) is 32.0 Å². The van der Waals surface area contributed by atoms with E-state index in [1.807, 2.05) is 19.1 Å². The van der Waals surface area contributed by atoms with Crippen LogP contribution in [0.4, 0.5) is 0 Å². The van der Waals surface area contributed by atoms with Crippen molar-refractivity contribution in [3.05, 3.63) is 41.0 Å². The molecule has 0 bridgehead atoms. The molecule has 0 heterocycles. The van der Waals surface area contributed by atoms with Crippen LogP contribution in [-0.2, 0) is 14.3 Å². The molecule has 2 rings (SSSR count). The van der Waals surface area contributed by atoms with Gasteiger partial charge in [0.1, 0.15) is 4.90 Å². The lowest BCUT2D eigenvalue weighted by atomic mass is 10.0. The Morgan fingerprint density at radius 2 is 1.91 bits per heavy atom. The van der Waals surface area contributed by atoms with Crippen molar-refractivity contribution in [2.45, 2.75) is 38.5 Å². The summed E-state index contributed by atoms with van der Waals surface area (Å²) in [7, 11) is -3.87. The van der Waals surface area contributed by atoms with Crippen LogP contribution in [0.25, 0.3) is 11.1 Å². The first-order chi connectivity index (χ1) is 10.3. The first-order valence-corrected chi connectivity index (χ1v) is 8.64. The molecule has 5 heteroatoms. The van der Waals surface area contributed by atoms with Gasteiger partial charge in [0.15, 0.2) is 6.29 Å². The van der Waals surface area contributed by atoms with Gasteiger partial charge >= 0.3 is 0 Å². The van der Waals surface area contributed by atoms with Gasteiger partial charge in [0.05, 0.1) is 6.61 Å². The average Bonchev–Trinajstić information content (AvgIpc) is 2.66. The molecule has 0 atom stereocenters. The summed E-state index contributed by atoms with van der Waals surface area (Å²) in [6.45, 7) is 7.62. The molecule has 22 heavy (non-hydrogen) atoms. The molecule has 0 unspecified atom stereocenters. The second-order valence-electron chi connectivity index (χ2n) is 5.55. The van der Waals surface area contributed by atoms with Gasteiger partial charge in [-0.2, -0.15) is 8.42 Å². The molecule has 0 spiro atoms. The van der Waals surface area contributed by atoms with Crippen LogP contribution in [0.15, 0.2) is 29.2 Å². The number of carbonyl (C=O) groups is 1. The highest BCUT2D eigenvalue weighted by molar-refractivity contribution is 7.87. The highest BCUT2D eigenvalue weighted by Gasteiger charge is 2.26. The molecule has 0 aliphatic heterocycles. The smallest absolute Gasteiger partial charge is 0.297 e. The van der Waals surface area contributed by atoms with Crippen molar-refractivity contribution in [1.29, 1.82) is 0 Å². The Balaban J connectivity index is 2.84. The van der Waals surface area contributed by atoms with Crippen molar-refractivity contribution in [3.8, 4) is 11.1 Å². The van der Waals surface area contributed by atoms with Gasteiger partial charge in [0.2, 0.25) is 0 Å². The van der Waals surface area contributed by atoms with Gasteiger partial charge in [-0.15, -0.1) is 0 Å². The van der Waals surface area contributed by atoms with Crippen LogP contribution in [-0.4, -0.2) is 21.3 Å². The second kappa shape index (κ2) is 6.18. The zero-order valence-electron chi connectivity index (χ0n) is 13.2. The number of rotatable bonds is 5. The largest absolute Gasteiger partial charge is 0.298 e. The zero-order valence-corrected chi connectivity index (χ0v) is 14.0. The third kappa shape index (κ3) is 2.91. The van der Waals surface area contributed by atoms with Crippen LogP contribution in [0.5, 0.6) is 0 Å². The highest BCUT2D eigenvalue weighted by atomic mass is 32.2. The van der Waals surface area contributed by atoms with Gasteiger partial charge in [-0.3, -0.25) is 8.98 Å². The number of aryl methyl sites for hydroxylation is 1. The fourth-order valence-electron chi connectivity index (χ4n) is 2.52. The molecule has 0 amide bonds. The van der Waals surface area contributed by atoms with Crippen LogP contribution in [0.1, 0.15) is 48.2 Å². The van der Waals surface area contributed by atoms with Crippen molar-refractivity contribution in [2.24, 2.45) is 0 Å². The third-order valence-electron chi connectivity index (χ3n) is 3.68. The Morgan fingerprint density at radius 3 is 2.45 bits per heavy atom. The minimum absolute atomic E-state index is 0.0562. The topological polar surface area (TPSA) is 60.4 Å². The van der Waals surface area contributed by atoms with Crippen LogP contribution in [0.3, 0.4) is 0 Å². The Labute approximate surface area is 131 Å². The van der Waals surface area contributed by atoms with E-state index in [1.165, 1.54) is 0 Å². The van der Waals surface area contributed by atoms with Crippen LogP contribution < -0.4 is 0 Å². The summed E-state index contributed by atoms with van der Waals surface area (Å²) < 4.78 is 29.5. The molecular weight excluding hydrogens is 300 g/mol. The van der Waals surface area contributed by atoms with Crippen molar-refractivity contribution in [1.82, 2.24) is 0 Å². The van der Waals surface area contributed by atoms with Crippen molar-refractivity contribution < 1.29 is 17.4 Å². The predicted octanol–water partition coefficient (Wildman–Crippen LogP) is 3.76. The van der Waals surface area contributed by atoms with Gasteiger partial charge in [0, 0.05) is 11.1 Å². The normalized spacial score (nSPS) is 12.0. The molecular formula is C17H20O4S. The molecule has 2 aliphatic carbocycles. The van der Waals surface area contributed by atoms with Gasteiger partial charge < -0.3 is 0 Å². The quantitative estimate of drug-likeness (QED) is 0.621. The summed E-state index contributed by atoms with van der Waals surface area (Å²) in [6, 6.07) is 7.07. The van der Waals surface area contributed by atoms with E-state index in [1.54, 1.807) is 19.1 Å². The van der Waals surface area contributed by atoms with E-state index in [9.17, 15) is 13.2 Å². The van der Waals surface area contributed by atoms with Crippen molar-refractivity contribution in [2.75, 3.05) is 6.61 Å². The summed E-state index contributed by atoms with van der Waals surface area (Å²) in [5.74, 6) is 0.274. The average molecular weight is 320 g/mol. The lowest BCUT2D eigenvalue weighted by Gasteiger charge is -2.06. The molecule has 0 saturated heterocycles. The van der Waals surface area contributed by atoms with E-state index < -0.39 is 10.1 Å². The van der Waals surface area contributed by atoms with Gasteiger partial charge in [0.25, 0.3) is 10.1 Å². The molecule has 118 valence electrons. The number of hydrogen-bond acceptors (Lipinski definition) is 4. The Morgan fingerprint density at radius 1 is 1.23 bits per heavy atom. The fourth-order valence-corrected chi connectivity index (χ4v) is 3.75. The molecule has 0 aromatic carbocycles. The maximum Gasteiger partial charge on any atom is 0.297 e. The van der Waals surface area contributed by atoms with E-state index in [0.29, 0.717) is 17.4 Å². The molecule has 0 radical (unpaired) electrons. The predicted molar refractivity (Wildman–Crippen MR) is 86.1 cm³/mol. The maximum atomic E-state index is 12.3. The molecule has 4 nitrogen and oxygen atoms in total. The summed E-state index contributed by atoms with van der Waals surface area (Å²) in [6.07, 6.45) is 0.691. The maximum absolute atomic E-state index is 12.3. The van der Waals surface area contributed by atoms with Gasteiger partial charge in [-0.25, -0.2) is 0 Å². The summed E-state index contributed by atoms with van der Waals surface area (Å²) in [5.41, 5.74) is 3.43. The molecule has 0 aromatic rings. The number of aldehydes is 1. The Hall–Kier alpha value is -1.72. The highest BCUT2D eigenvalue weighted by Crippen LogP contribution is 2.38. The molecule has 0 aromatic heterocycles. The summed E-state index contributed by atoms with van der Waals surface area (Å²) in [4.78, 5) is 11.5. The van der Waals surface area contributed by atoms with Crippen LogP contribution >= 0.6 is 0 Å². The first kappa shape index (κ1) is 16.6. The third-order valence-corrected chi connectivity index (χ3v) is 5.09. The number of fused-ring (bicyclic) bond motifs is 1. The molecule has 0 saturated carbocycles. The second-order valence-corrected chi connectivity index (χ2v) is 7.13. The lowest BCUT2D eigenvalue weighted by Crippen LogP contribution is -2.06. The van der Waals surface area contributed by atoms with Crippen molar-refractivity contribution >= 4 is 16.4 Å². The number of carbonyl (C=O) groups excluding carboxylic acids is 1. The molecule has 0 fully saturated rings. The number of hydrogen-bond donors (Lipinski definition) is 0. The SMILES string of the molecule is CCOS(=O)(=O)c1cc(C)c2cc(C(C)C)ccc(C=O)c1-2. The summed E-state index contributed by atoms with van der Waals surface area (Å²) >= 11 is 0. The summed E-state index contributed by atoms with van der Waals surface area (Å²) in [5, 5.41) is 0. The standard InChI is InChI=1S/C17H20O4S/c1-5-21-22(19,20)16-8-12(4)15-9-13(11(2)3)6-7-14(10-18)17(15)16/h6-11H,5H2,1-4H3. The Bertz CT molecular complexity index is 776. The molecule has 2 aliphatic rings. The first-order valence-electron chi connectivity index (χ1n) is 7.23. The van der Waals surface area contributed by atoms with Crippen molar-refractivity contribution in [3.63, 3.8) is 0 Å². The lowest BCUT2D eigenvalue weighted by molar-refractivity contribution is 0.112. The minimum Gasteiger partial charge on any atom is -0.298 e.